The van der Waals surface area contributed by atoms with Gasteiger partial charge in [0.2, 0.25) is 0 Å². The van der Waals surface area contributed by atoms with Gasteiger partial charge < -0.3 is 5.73 Å². The van der Waals surface area contributed by atoms with Crippen LogP contribution in [0.4, 0.5) is 0 Å². The molecule has 0 aliphatic rings. The van der Waals surface area contributed by atoms with Crippen LogP contribution < -0.4 is 5.73 Å². The zero-order valence-corrected chi connectivity index (χ0v) is 13.1. The van der Waals surface area contributed by atoms with Crippen LogP contribution in [-0.2, 0) is 6.54 Å². The maximum Gasteiger partial charge on any atom is 0.101 e. The van der Waals surface area contributed by atoms with E-state index in [1.54, 1.807) is 23.5 Å². The summed E-state index contributed by atoms with van der Waals surface area (Å²) >= 11 is 6.76. The molecule has 0 bridgehead atoms. The Labute approximate surface area is 124 Å². The van der Waals surface area contributed by atoms with Crippen molar-refractivity contribution >= 4 is 39.5 Å². The molecule has 0 saturated carbocycles. The molecule has 2 rings (SSSR count). The minimum Gasteiger partial charge on any atom is -0.326 e. The number of benzene rings is 1. The van der Waals surface area contributed by atoms with E-state index in [9.17, 15) is 0 Å². The van der Waals surface area contributed by atoms with E-state index in [2.05, 4.69) is 45.4 Å². The quantitative estimate of drug-likeness (QED) is 0.847. The van der Waals surface area contributed by atoms with Gasteiger partial charge in [0.1, 0.15) is 5.03 Å². The number of thioether (sulfide) groups is 1. The first-order valence-corrected chi connectivity index (χ1v) is 8.23. The van der Waals surface area contributed by atoms with Gasteiger partial charge in [0.05, 0.1) is 0 Å². The van der Waals surface area contributed by atoms with E-state index in [1.165, 1.54) is 15.4 Å². The van der Waals surface area contributed by atoms with Crippen LogP contribution in [0.3, 0.4) is 0 Å². The van der Waals surface area contributed by atoms with Crippen molar-refractivity contribution < 1.29 is 0 Å². The Balaban J connectivity index is 2.31. The Morgan fingerprint density at radius 2 is 2.00 bits per heavy atom. The van der Waals surface area contributed by atoms with Crippen molar-refractivity contribution in [2.24, 2.45) is 5.73 Å². The van der Waals surface area contributed by atoms with Crippen LogP contribution in [0.25, 0.3) is 0 Å². The average molecular weight is 341 g/mol. The third-order valence-corrected chi connectivity index (χ3v) is 4.77. The van der Waals surface area contributed by atoms with Gasteiger partial charge in [0.15, 0.2) is 0 Å². The molecule has 0 spiro atoms. The molecule has 0 aliphatic carbocycles. The lowest BCUT2D eigenvalue weighted by molar-refractivity contribution is 0.978. The molecule has 1 aromatic carbocycles. The lowest BCUT2D eigenvalue weighted by Crippen LogP contribution is -2.00. The number of halogens is 1. The van der Waals surface area contributed by atoms with E-state index in [0.717, 1.165) is 9.50 Å². The predicted octanol–water partition coefficient (Wildman–Crippen LogP) is 4.18. The van der Waals surface area contributed by atoms with Gasteiger partial charge in [-0.25, -0.2) is 4.98 Å². The third-order valence-electron chi connectivity index (χ3n) is 2.43. The smallest absolute Gasteiger partial charge is 0.101 e. The Morgan fingerprint density at radius 1 is 1.22 bits per heavy atom. The molecule has 18 heavy (non-hydrogen) atoms. The maximum absolute atomic E-state index is 5.85. The van der Waals surface area contributed by atoms with Crippen LogP contribution in [0, 0.1) is 0 Å². The first-order valence-electron chi connectivity index (χ1n) is 5.40. The summed E-state index contributed by atoms with van der Waals surface area (Å²) in [6.45, 7) is 0.551. The van der Waals surface area contributed by atoms with Crippen molar-refractivity contribution in [2.45, 2.75) is 21.4 Å². The number of nitrogens with zero attached hydrogens (tertiary/aromatic N) is 1. The fraction of sp³-hybridized carbons (Fsp3) is 0.154. The summed E-state index contributed by atoms with van der Waals surface area (Å²) in [5.74, 6) is 0. The number of nitrogens with two attached hydrogens (primary N) is 1. The van der Waals surface area contributed by atoms with Gasteiger partial charge >= 0.3 is 0 Å². The largest absolute Gasteiger partial charge is 0.326 e. The van der Waals surface area contributed by atoms with E-state index >= 15 is 0 Å². The number of aromatic nitrogens is 1. The van der Waals surface area contributed by atoms with E-state index in [-0.39, 0.29) is 0 Å². The molecule has 0 radical (unpaired) electrons. The lowest BCUT2D eigenvalue weighted by Gasteiger charge is -2.10. The van der Waals surface area contributed by atoms with Crippen LogP contribution in [0.1, 0.15) is 5.56 Å². The monoisotopic (exact) mass is 340 g/mol. The highest BCUT2D eigenvalue weighted by Crippen LogP contribution is 2.33. The molecular formula is C13H13BrN2S2. The molecule has 2 aromatic rings. The topological polar surface area (TPSA) is 38.9 Å². The highest BCUT2D eigenvalue weighted by molar-refractivity contribution is 9.10. The zero-order valence-electron chi connectivity index (χ0n) is 9.89. The molecule has 0 fully saturated rings. The van der Waals surface area contributed by atoms with Crippen molar-refractivity contribution in [2.75, 3.05) is 6.26 Å². The lowest BCUT2D eigenvalue weighted by atomic mass is 10.2. The fourth-order valence-electron chi connectivity index (χ4n) is 1.57. The summed E-state index contributed by atoms with van der Waals surface area (Å²) in [6, 6.07) is 10.3. The summed E-state index contributed by atoms with van der Waals surface area (Å²) < 4.78 is 0.990. The molecule has 5 heteroatoms. The average Bonchev–Trinajstić information content (AvgIpc) is 2.41. The highest BCUT2D eigenvalue weighted by atomic mass is 79.9. The van der Waals surface area contributed by atoms with E-state index < -0.39 is 0 Å². The van der Waals surface area contributed by atoms with Crippen LogP contribution >= 0.6 is 39.5 Å². The summed E-state index contributed by atoms with van der Waals surface area (Å²) in [4.78, 5) is 6.79. The first kappa shape index (κ1) is 13.9. The van der Waals surface area contributed by atoms with Crippen LogP contribution in [0.2, 0.25) is 0 Å². The van der Waals surface area contributed by atoms with Crippen molar-refractivity contribution in [3.63, 3.8) is 0 Å². The Hall–Kier alpha value is -0.490. The number of rotatable bonds is 4. The minimum atomic E-state index is 0.551. The second-order valence-electron chi connectivity index (χ2n) is 3.56. The molecule has 2 nitrogen and oxygen atoms in total. The Kier molecular flexibility index (Phi) is 5.12. The van der Waals surface area contributed by atoms with Gasteiger partial charge in [0, 0.05) is 27.0 Å². The van der Waals surface area contributed by atoms with Gasteiger partial charge in [-0.3, -0.25) is 0 Å². The molecule has 0 unspecified atom stereocenters. The van der Waals surface area contributed by atoms with Gasteiger partial charge in [0.25, 0.3) is 0 Å². The van der Waals surface area contributed by atoms with E-state index in [0.29, 0.717) is 6.54 Å². The predicted molar refractivity (Wildman–Crippen MR) is 82.2 cm³/mol. The molecule has 0 amide bonds. The SMILES string of the molecule is CSc1cccc(Sc2ccc(Br)cn2)c1CN. The molecule has 1 heterocycles. The van der Waals surface area contributed by atoms with Crippen LogP contribution in [0.5, 0.6) is 0 Å². The van der Waals surface area contributed by atoms with E-state index in [4.69, 9.17) is 5.73 Å². The second kappa shape index (κ2) is 6.61. The van der Waals surface area contributed by atoms with Crippen molar-refractivity contribution in [1.29, 1.82) is 0 Å². The van der Waals surface area contributed by atoms with Crippen LogP contribution in [-0.4, -0.2) is 11.2 Å². The molecule has 0 aliphatic heterocycles. The zero-order chi connectivity index (χ0) is 13.0. The number of hydrogen-bond donors (Lipinski definition) is 1. The Morgan fingerprint density at radius 3 is 2.61 bits per heavy atom. The summed E-state index contributed by atoms with van der Waals surface area (Å²) in [5.41, 5.74) is 7.04. The van der Waals surface area contributed by atoms with Crippen molar-refractivity contribution in [1.82, 2.24) is 4.98 Å². The van der Waals surface area contributed by atoms with Gasteiger partial charge in [-0.2, -0.15) is 0 Å². The molecular weight excluding hydrogens is 328 g/mol. The van der Waals surface area contributed by atoms with Gasteiger partial charge in [-0.05, 0) is 52.0 Å². The summed E-state index contributed by atoms with van der Waals surface area (Å²) in [5, 5.41) is 0.978. The standard InChI is InChI=1S/C13H13BrN2S2/c1-17-11-3-2-4-12(10(11)7-15)18-13-6-5-9(14)8-16-13/h2-6,8H,7,15H2,1H3. The highest BCUT2D eigenvalue weighted by Gasteiger charge is 2.08. The van der Waals surface area contributed by atoms with Crippen molar-refractivity contribution in [3.05, 3.63) is 46.6 Å². The van der Waals surface area contributed by atoms with E-state index in [1.807, 2.05) is 18.3 Å². The normalized spacial score (nSPS) is 10.6. The molecule has 1 aromatic heterocycles. The van der Waals surface area contributed by atoms with Gasteiger partial charge in [-0.1, -0.05) is 17.8 Å². The third kappa shape index (κ3) is 3.29. The Bertz CT molecular complexity index is 529. The molecule has 94 valence electrons. The fourth-order valence-corrected chi connectivity index (χ4v) is 3.45. The first-order chi connectivity index (χ1) is 8.74. The van der Waals surface area contributed by atoms with Crippen LogP contribution in [0.15, 0.2) is 55.8 Å². The maximum atomic E-state index is 5.85. The molecule has 0 saturated heterocycles. The second-order valence-corrected chi connectivity index (χ2v) is 6.38. The van der Waals surface area contributed by atoms with Gasteiger partial charge in [-0.15, -0.1) is 11.8 Å². The number of hydrogen-bond acceptors (Lipinski definition) is 4. The minimum absolute atomic E-state index is 0.551. The summed E-state index contributed by atoms with van der Waals surface area (Å²) in [6.07, 6.45) is 3.88. The van der Waals surface area contributed by atoms with Crippen molar-refractivity contribution in [3.8, 4) is 0 Å². The summed E-state index contributed by atoms with van der Waals surface area (Å²) in [7, 11) is 0. The molecule has 2 N–H and O–H groups in total. The number of pyridine rings is 1. The molecule has 0 atom stereocenters.